The summed E-state index contributed by atoms with van der Waals surface area (Å²) in [6.07, 6.45) is 3.62. The van der Waals surface area contributed by atoms with Crippen molar-refractivity contribution in [2.24, 2.45) is 0 Å². The van der Waals surface area contributed by atoms with Crippen molar-refractivity contribution in [2.75, 3.05) is 12.4 Å². The zero-order chi connectivity index (χ0) is 12.1. The molecule has 1 N–H and O–H groups in total. The van der Waals surface area contributed by atoms with E-state index in [0.717, 1.165) is 28.0 Å². The molecule has 0 aliphatic carbocycles. The molecule has 0 unspecified atom stereocenters. The first-order valence-electron chi connectivity index (χ1n) is 5.25. The second-order valence-corrected chi connectivity index (χ2v) is 4.51. The van der Waals surface area contributed by atoms with Crippen LogP contribution in [-0.4, -0.2) is 12.1 Å². The van der Waals surface area contributed by atoms with Crippen molar-refractivity contribution in [1.82, 2.24) is 4.98 Å². The lowest BCUT2D eigenvalue weighted by atomic mass is 10.2. The quantitative estimate of drug-likeness (QED) is 0.937. The van der Waals surface area contributed by atoms with Crippen molar-refractivity contribution in [1.29, 1.82) is 0 Å². The van der Waals surface area contributed by atoms with Gasteiger partial charge >= 0.3 is 0 Å². The van der Waals surface area contributed by atoms with Crippen LogP contribution in [0.15, 0.2) is 47.2 Å². The highest BCUT2D eigenvalue weighted by Gasteiger charge is 1.96. The van der Waals surface area contributed by atoms with Crippen LogP contribution in [0.1, 0.15) is 5.56 Å². The number of hydrogen-bond acceptors (Lipinski definition) is 3. The molecule has 0 saturated heterocycles. The fourth-order valence-corrected chi connectivity index (χ4v) is 1.88. The molecule has 0 aliphatic heterocycles. The van der Waals surface area contributed by atoms with E-state index >= 15 is 0 Å². The predicted molar refractivity (Wildman–Crippen MR) is 72.3 cm³/mol. The summed E-state index contributed by atoms with van der Waals surface area (Å²) >= 11 is 3.40. The van der Waals surface area contributed by atoms with Gasteiger partial charge in [0.15, 0.2) is 0 Å². The van der Waals surface area contributed by atoms with E-state index in [2.05, 4.69) is 26.2 Å². The lowest BCUT2D eigenvalue weighted by molar-refractivity contribution is 0.415. The standard InChI is InChI=1S/C13H13BrN2O/c1-17-13-4-2-12(3-5-13)16-8-10-6-11(14)9-15-7-10/h2-7,9,16H,8H2,1H3. The van der Waals surface area contributed by atoms with Gasteiger partial charge in [-0.15, -0.1) is 0 Å². The Balaban J connectivity index is 1.97. The Morgan fingerprint density at radius 3 is 2.65 bits per heavy atom. The Labute approximate surface area is 109 Å². The molecule has 1 aromatic carbocycles. The second-order valence-electron chi connectivity index (χ2n) is 3.59. The maximum atomic E-state index is 5.10. The molecule has 1 aromatic heterocycles. The highest BCUT2D eigenvalue weighted by atomic mass is 79.9. The van der Waals surface area contributed by atoms with Gasteiger partial charge in [0.05, 0.1) is 7.11 Å². The third-order valence-electron chi connectivity index (χ3n) is 2.35. The summed E-state index contributed by atoms with van der Waals surface area (Å²) in [5.41, 5.74) is 2.20. The van der Waals surface area contributed by atoms with E-state index < -0.39 is 0 Å². The number of nitrogens with zero attached hydrogens (tertiary/aromatic N) is 1. The molecule has 0 aliphatic rings. The normalized spacial score (nSPS) is 10.0. The number of ether oxygens (including phenoxy) is 1. The SMILES string of the molecule is COc1ccc(NCc2cncc(Br)c2)cc1. The van der Waals surface area contributed by atoms with Crippen molar-refractivity contribution < 1.29 is 4.74 Å². The number of pyridine rings is 1. The average molecular weight is 293 g/mol. The smallest absolute Gasteiger partial charge is 0.119 e. The summed E-state index contributed by atoms with van der Waals surface area (Å²) in [5.74, 6) is 0.861. The Morgan fingerprint density at radius 2 is 2.00 bits per heavy atom. The number of anilines is 1. The number of benzene rings is 1. The molecule has 1 heterocycles. The van der Waals surface area contributed by atoms with E-state index in [-0.39, 0.29) is 0 Å². The molecule has 0 amide bonds. The van der Waals surface area contributed by atoms with E-state index in [1.54, 1.807) is 13.3 Å². The predicted octanol–water partition coefficient (Wildman–Crippen LogP) is 3.46. The molecule has 0 atom stereocenters. The number of halogens is 1. The Kier molecular flexibility index (Phi) is 3.98. The molecule has 88 valence electrons. The molecule has 0 fully saturated rings. The molecule has 0 saturated carbocycles. The van der Waals surface area contributed by atoms with E-state index in [1.807, 2.05) is 36.5 Å². The molecule has 0 spiro atoms. The Morgan fingerprint density at radius 1 is 1.24 bits per heavy atom. The van der Waals surface area contributed by atoms with Crippen molar-refractivity contribution in [2.45, 2.75) is 6.54 Å². The molecular weight excluding hydrogens is 280 g/mol. The Hall–Kier alpha value is -1.55. The van der Waals surface area contributed by atoms with E-state index in [0.29, 0.717) is 0 Å². The van der Waals surface area contributed by atoms with Crippen LogP contribution in [0.25, 0.3) is 0 Å². The first-order valence-corrected chi connectivity index (χ1v) is 6.04. The van der Waals surface area contributed by atoms with Crippen LogP contribution in [0, 0.1) is 0 Å². The zero-order valence-corrected chi connectivity index (χ0v) is 11.1. The summed E-state index contributed by atoms with van der Waals surface area (Å²) in [4.78, 5) is 4.12. The lowest BCUT2D eigenvalue weighted by Gasteiger charge is -2.07. The number of rotatable bonds is 4. The van der Waals surface area contributed by atoms with Crippen molar-refractivity contribution in [3.63, 3.8) is 0 Å². The van der Waals surface area contributed by atoms with Crippen LogP contribution in [0.4, 0.5) is 5.69 Å². The third-order valence-corrected chi connectivity index (χ3v) is 2.78. The molecule has 2 rings (SSSR count). The minimum Gasteiger partial charge on any atom is -0.497 e. The van der Waals surface area contributed by atoms with Crippen LogP contribution in [0.5, 0.6) is 5.75 Å². The molecule has 0 bridgehead atoms. The molecule has 4 heteroatoms. The third kappa shape index (κ3) is 3.46. The molecule has 17 heavy (non-hydrogen) atoms. The number of methoxy groups -OCH3 is 1. The first-order chi connectivity index (χ1) is 8.28. The second kappa shape index (κ2) is 5.68. The average Bonchev–Trinajstić information content (AvgIpc) is 2.37. The Bertz CT molecular complexity index is 485. The summed E-state index contributed by atoms with van der Waals surface area (Å²) in [5, 5.41) is 3.32. The van der Waals surface area contributed by atoms with Crippen LogP contribution in [-0.2, 0) is 6.54 Å². The van der Waals surface area contributed by atoms with Gasteiger partial charge < -0.3 is 10.1 Å². The van der Waals surface area contributed by atoms with Crippen molar-refractivity contribution in [3.05, 3.63) is 52.8 Å². The summed E-state index contributed by atoms with van der Waals surface area (Å²) in [6, 6.07) is 9.89. The fourth-order valence-electron chi connectivity index (χ4n) is 1.47. The molecule has 0 radical (unpaired) electrons. The highest BCUT2D eigenvalue weighted by molar-refractivity contribution is 9.10. The zero-order valence-electron chi connectivity index (χ0n) is 9.48. The van der Waals surface area contributed by atoms with Crippen LogP contribution >= 0.6 is 15.9 Å². The van der Waals surface area contributed by atoms with E-state index in [4.69, 9.17) is 4.74 Å². The fraction of sp³-hybridized carbons (Fsp3) is 0.154. The number of aromatic nitrogens is 1. The maximum absolute atomic E-state index is 5.10. The lowest BCUT2D eigenvalue weighted by Crippen LogP contribution is -1.99. The van der Waals surface area contributed by atoms with Gasteiger partial charge in [-0.1, -0.05) is 0 Å². The maximum Gasteiger partial charge on any atom is 0.119 e. The number of nitrogens with one attached hydrogen (secondary N) is 1. The van der Waals surface area contributed by atoms with Gasteiger partial charge in [0.2, 0.25) is 0 Å². The highest BCUT2D eigenvalue weighted by Crippen LogP contribution is 2.16. The van der Waals surface area contributed by atoms with Crippen LogP contribution in [0.3, 0.4) is 0 Å². The molecular formula is C13H13BrN2O. The summed E-state index contributed by atoms with van der Waals surface area (Å²) in [7, 11) is 1.66. The van der Waals surface area contributed by atoms with Crippen LogP contribution < -0.4 is 10.1 Å². The van der Waals surface area contributed by atoms with Crippen LogP contribution in [0.2, 0.25) is 0 Å². The topological polar surface area (TPSA) is 34.1 Å². The first kappa shape index (κ1) is 11.9. The van der Waals surface area contributed by atoms with Crippen molar-refractivity contribution >= 4 is 21.6 Å². The summed E-state index contributed by atoms with van der Waals surface area (Å²) < 4.78 is 6.10. The minimum absolute atomic E-state index is 0.749. The monoisotopic (exact) mass is 292 g/mol. The van der Waals surface area contributed by atoms with Gasteiger partial charge in [0, 0.05) is 29.1 Å². The van der Waals surface area contributed by atoms with E-state index in [9.17, 15) is 0 Å². The molecule has 2 aromatic rings. The molecule has 3 nitrogen and oxygen atoms in total. The largest absolute Gasteiger partial charge is 0.497 e. The summed E-state index contributed by atoms with van der Waals surface area (Å²) in [6.45, 7) is 0.749. The van der Waals surface area contributed by atoms with Gasteiger partial charge in [0.25, 0.3) is 0 Å². The van der Waals surface area contributed by atoms with E-state index in [1.165, 1.54) is 0 Å². The van der Waals surface area contributed by atoms with Crippen molar-refractivity contribution in [3.8, 4) is 5.75 Å². The number of hydrogen-bond donors (Lipinski definition) is 1. The minimum atomic E-state index is 0.749. The van der Waals surface area contributed by atoms with Gasteiger partial charge in [-0.3, -0.25) is 4.98 Å². The van der Waals surface area contributed by atoms with Gasteiger partial charge in [-0.2, -0.15) is 0 Å². The van der Waals surface area contributed by atoms with Gasteiger partial charge in [-0.05, 0) is 51.8 Å². The van der Waals surface area contributed by atoms with Gasteiger partial charge in [0.1, 0.15) is 5.75 Å². The van der Waals surface area contributed by atoms with Gasteiger partial charge in [-0.25, -0.2) is 0 Å².